The Hall–Kier alpha value is -0.890. The molecule has 1 aliphatic rings. The normalized spacial score (nSPS) is 15.1. The summed E-state index contributed by atoms with van der Waals surface area (Å²) in [5, 5.41) is 1.38. The molecule has 2 heterocycles. The highest BCUT2D eigenvalue weighted by molar-refractivity contribution is 7.18. The minimum atomic E-state index is 1.19. The van der Waals surface area contributed by atoms with Crippen molar-refractivity contribution in [1.82, 2.24) is 4.98 Å². The zero-order chi connectivity index (χ0) is 11.7. The molecule has 0 aromatic carbocycles. The van der Waals surface area contributed by atoms with E-state index in [9.17, 15) is 0 Å². The van der Waals surface area contributed by atoms with Gasteiger partial charge in [-0.15, -0.1) is 11.3 Å². The first-order valence-electron chi connectivity index (χ1n) is 6.78. The zero-order valence-corrected chi connectivity index (χ0v) is 11.3. The Balaban J connectivity index is 1.98. The summed E-state index contributed by atoms with van der Waals surface area (Å²) in [5.41, 5.74) is 2.87. The van der Waals surface area contributed by atoms with Gasteiger partial charge in [0.05, 0.1) is 0 Å². The Kier molecular flexibility index (Phi) is 3.15. The van der Waals surface area contributed by atoms with Gasteiger partial charge in [0, 0.05) is 16.0 Å². The second kappa shape index (κ2) is 4.77. The summed E-state index contributed by atoms with van der Waals surface area (Å²) in [6, 6.07) is 4.75. The van der Waals surface area contributed by atoms with Gasteiger partial charge in [-0.1, -0.05) is 13.3 Å². The molecule has 0 aliphatic heterocycles. The average Bonchev–Trinajstić information content (AvgIpc) is 2.75. The van der Waals surface area contributed by atoms with Crippen molar-refractivity contribution in [1.29, 1.82) is 0 Å². The highest BCUT2D eigenvalue weighted by Crippen LogP contribution is 2.30. The Labute approximate surface area is 107 Å². The van der Waals surface area contributed by atoms with E-state index in [1.807, 2.05) is 11.3 Å². The summed E-state index contributed by atoms with van der Waals surface area (Å²) >= 11 is 1.90. The fraction of sp³-hybridized carbons (Fsp3) is 0.533. The first-order chi connectivity index (χ1) is 8.36. The number of hydrogen-bond acceptors (Lipinski definition) is 2. The van der Waals surface area contributed by atoms with Crippen LogP contribution in [0.5, 0.6) is 0 Å². The summed E-state index contributed by atoms with van der Waals surface area (Å²) in [4.78, 5) is 7.63. The van der Waals surface area contributed by atoms with E-state index in [-0.39, 0.29) is 0 Å². The van der Waals surface area contributed by atoms with Gasteiger partial charge in [0.25, 0.3) is 0 Å². The third-order valence-corrected chi connectivity index (χ3v) is 4.72. The van der Waals surface area contributed by atoms with Gasteiger partial charge < -0.3 is 0 Å². The molecule has 1 nitrogen and oxygen atoms in total. The van der Waals surface area contributed by atoms with Crippen LogP contribution in [0.25, 0.3) is 10.2 Å². The number of hydrogen-bond donors (Lipinski definition) is 0. The summed E-state index contributed by atoms with van der Waals surface area (Å²) in [7, 11) is 0. The van der Waals surface area contributed by atoms with Crippen molar-refractivity contribution in [2.24, 2.45) is 0 Å². The van der Waals surface area contributed by atoms with E-state index < -0.39 is 0 Å². The van der Waals surface area contributed by atoms with E-state index in [0.29, 0.717) is 0 Å². The van der Waals surface area contributed by atoms with Gasteiger partial charge in [-0.25, -0.2) is 4.98 Å². The molecule has 0 fully saturated rings. The van der Waals surface area contributed by atoms with Crippen LogP contribution in [0, 0.1) is 0 Å². The lowest BCUT2D eigenvalue weighted by Gasteiger charge is -2.13. The predicted octanol–water partition coefficient (Wildman–Crippen LogP) is 4.52. The third-order valence-electron chi connectivity index (χ3n) is 3.61. The molecular weight excluding hydrogens is 226 g/mol. The van der Waals surface area contributed by atoms with Crippen molar-refractivity contribution in [3.8, 4) is 0 Å². The van der Waals surface area contributed by atoms with Crippen molar-refractivity contribution in [3.63, 3.8) is 0 Å². The van der Waals surface area contributed by atoms with Crippen LogP contribution in [-0.4, -0.2) is 4.98 Å². The Morgan fingerprint density at radius 2 is 2.12 bits per heavy atom. The van der Waals surface area contributed by atoms with Gasteiger partial charge in [-0.3, -0.25) is 0 Å². The van der Waals surface area contributed by atoms with Crippen molar-refractivity contribution in [3.05, 3.63) is 28.3 Å². The SMILES string of the molecule is CCCCc1cc2cc3c(nc2s1)CCCC3. The fourth-order valence-electron chi connectivity index (χ4n) is 2.62. The van der Waals surface area contributed by atoms with Crippen LogP contribution in [0.4, 0.5) is 0 Å². The molecule has 0 bridgehead atoms. The first-order valence-corrected chi connectivity index (χ1v) is 7.59. The molecule has 17 heavy (non-hydrogen) atoms. The average molecular weight is 245 g/mol. The van der Waals surface area contributed by atoms with E-state index in [2.05, 4.69) is 19.1 Å². The van der Waals surface area contributed by atoms with Crippen molar-refractivity contribution in [2.45, 2.75) is 51.9 Å². The van der Waals surface area contributed by atoms with Gasteiger partial charge in [-0.05, 0) is 56.2 Å². The smallest absolute Gasteiger partial charge is 0.123 e. The quantitative estimate of drug-likeness (QED) is 0.775. The molecule has 0 radical (unpaired) electrons. The lowest BCUT2D eigenvalue weighted by molar-refractivity contribution is 0.671. The molecule has 2 aromatic rings. The fourth-order valence-corrected chi connectivity index (χ4v) is 3.69. The molecule has 0 unspecified atom stereocenters. The maximum atomic E-state index is 4.86. The third kappa shape index (κ3) is 2.23. The van der Waals surface area contributed by atoms with E-state index in [4.69, 9.17) is 4.98 Å². The second-order valence-corrected chi connectivity index (χ2v) is 6.13. The van der Waals surface area contributed by atoms with E-state index in [1.165, 1.54) is 71.3 Å². The predicted molar refractivity (Wildman–Crippen MR) is 74.9 cm³/mol. The van der Waals surface area contributed by atoms with E-state index in [0.717, 1.165) is 0 Å². The standard InChI is InChI=1S/C15H19NS/c1-2-3-7-13-10-12-9-11-6-4-5-8-14(11)16-15(12)17-13/h9-10H,2-8H2,1H3. The molecule has 3 rings (SSSR count). The number of aryl methyl sites for hydroxylation is 3. The Morgan fingerprint density at radius 1 is 1.24 bits per heavy atom. The molecule has 0 saturated heterocycles. The van der Waals surface area contributed by atoms with E-state index in [1.54, 1.807) is 0 Å². The highest BCUT2D eigenvalue weighted by Gasteiger charge is 2.13. The summed E-state index contributed by atoms with van der Waals surface area (Å²) in [6.07, 6.45) is 8.88. The van der Waals surface area contributed by atoms with Gasteiger partial charge in [0.2, 0.25) is 0 Å². The van der Waals surface area contributed by atoms with Crippen LogP contribution in [0.15, 0.2) is 12.1 Å². The molecule has 0 N–H and O–H groups in total. The largest absolute Gasteiger partial charge is 0.242 e. The number of unbranched alkanes of at least 4 members (excludes halogenated alkanes) is 1. The van der Waals surface area contributed by atoms with E-state index >= 15 is 0 Å². The van der Waals surface area contributed by atoms with Crippen molar-refractivity contribution in [2.75, 3.05) is 0 Å². The molecule has 0 spiro atoms. The summed E-state index contributed by atoms with van der Waals surface area (Å²) < 4.78 is 0. The number of fused-ring (bicyclic) bond motifs is 2. The molecule has 2 aromatic heterocycles. The first kappa shape index (κ1) is 11.2. The lowest BCUT2D eigenvalue weighted by atomic mass is 9.95. The summed E-state index contributed by atoms with van der Waals surface area (Å²) in [5.74, 6) is 0. The van der Waals surface area contributed by atoms with Crippen molar-refractivity contribution < 1.29 is 0 Å². The molecule has 0 saturated carbocycles. The Bertz CT molecular complexity index is 484. The minimum Gasteiger partial charge on any atom is -0.242 e. The topological polar surface area (TPSA) is 12.9 Å². The van der Waals surface area contributed by atoms with Gasteiger partial charge in [0.15, 0.2) is 0 Å². The highest BCUT2D eigenvalue weighted by atomic mass is 32.1. The molecular formula is C15H19NS. The van der Waals surface area contributed by atoms with Gasteiger partial charge in [0.1, 0.15) is 4.83 Å². The molecule has 90 valence electrons. The number of nitrogens with zero attached hydrogens (tertiary/aromatic N) is 1. The van der Waals surface area contributed by atoms with Crippen LogP contribution in [0.3, 0.4) is 0 Å². The minimum absolute atomic E-state index is 1.19. The monoisotopic (exact) mass is 245 g/mol. The second-order valence-electron chi connectivity index (χ2n) is 5.01. The van der Waals surface area contributed by atoms with Crippen LogP contribution in [0.2, 0.25) is 0 Å². The van der Waals surface area contributed by atoms with Crippen molar-refractivity contribution >= 4 is 21.6 Å². The van der Waals surface area contributed by atoms with Crippen LogP contribution in [0.1, 0.15) is 48.7 Å². The molecule has 0 atom stereocenters. The van der Waals surface area contributed by atoms with Crippen LogP contribution >= 0.6 is 11.3 Å². The molecule has 2 heteroatoms. The van der Waals surface area contributed by atoms with Gasteiger partial charge >= 0.3 is 0 Å². The maximum absolute atomic E-state index is 4.86. The zero-order valence-electron chi connectivity index (χ0n) is 10.5. The number of pyridine rings is 1. The molecule has 0 amide bonds. The number of aromatic nitrogens is 1. The van der Waals surface area contributed by atoms with Crippen LogP contribution in [-0.2, 0) is 19.3 Å². The lowest BCUT2D eigenvalue weighted by Crippen LogP contribution is -2.04. The maximum Gasteiger partial charge on any atom is 0.123 e. The van der Waals surface area contributed by atoms with Gasteiger partial charge in [-0.2, -0.15) is 0 Å². The number of rotatable bonds is 3. The number of thiophene rings is 1. The summed E-state index contributed by atoms with van der Waals surface area (Å²) in [6.45, 7) is 2.25. The Morgan fingerprint density at radius 3 is 3.00 bits per heavy atom. The van der Waals surface area contributed by atoms with Crippen LogP contribution < -0.4 is 0 Å². The molecule has 1 aliphatic carbocycles.